The second-order valence-corrected chi connectivity index (χ2v) is 4.99. The smallest absolute Gasteiger partial charge is 0.167 e. The Balaban J connectivity index is 2.14. The zero-order chi connectivity index (χ0) is 12.5. The Morgan fingerprint density at radius 3 is 2.71 bits per heavy atom. The van der Waals surface area contributed by atoms with Crippen molar-refractivity contribution >= 4 is 23.1 Å². The Bertz CT molecular complexity index is 436. The van der Waals surface area contributed by atoms with E-state index in [9.17, 15) is 4.79 Å². The molecule has 0 radical (unpaired) electrons. The minimum Gasteiger partial charge on any atom is -0.399 e. The topological polar surface area (TPSA) is 52.3 Å². The van der Waals surface area contributed by atoms with Gasteiger partial charge >= 0.3 is 0 Å². The van der Waals surface area contributed by atoms with Crippen molar-refractivity contribution < 1.29 is 9.53 Å². The predicted octanol–water partition coefficient (Wildman–Crippen LogP) is 3.06. The highest BCUT2D eigenvalue weighted by Gasteiger charge is 2.39. The molecule has 0 aromatic heterocycles. The average molecular weight is 254 g/mol. The predicted molar refractivity (Wildman–Crippen MR) is 68.4 cm³/mol. The third kappa shape index (κ3) is 2.45. The van der Waals surface area contributed by atoms with Crippen LogP contribution in [0.2, 0.25) is 5.02 Å². The van der Waals surface area contributed by atoms with Gasteiger partial charge in [-0.1, -0.05) is 11.6 Å². The Morgan fingerprint density at radius 1 is 1.53 bits per heavy atom. The molecule has 1 fully saturated rings. The Morgan fingerprint density at radius 2 is 2.24 bits per heavy atom. The van der Waals surface area contributed by atoms with Crippen molar-refractivity contribution in [1.82, 2.24) is 0 Å². The number of ether oxygens (including phenoxy) is 1. The molecule has 1 aromatic carbocycles. The second-order valence-electron chi connectivity index (χ2n) is 4.58. The Hall–Kier alpha value is -1.06. The largest absolute Gasteiger partial charge is 0.399 e. The van der Waals surface area contributed by atoms with E-state index in [0.29, 0.717) is 22.7 Å². The number of hydrogen-bond donors (Lipinski definition) is 1. The summed E-state index contributed by atoms with van der Waals surface area (Å²) >= 11 is 6.02. The van der Waals surface area contributed by atoms with Crippen LogP contribution in [-0.2, 0) is 4.74 Å². The molecule has 0 saturated heterocycles. The number of Topliss-reactive ketones (excluding diaryl/α,β-unsaturated/α-hetero) is 1. The van der Waals surface area contributed by atoms with Gasteiger partial charge in [-0.05, 0) is 37.5 Å². The van der Waals surface area contributed by atoms with Crippen LogP contribution < -0.4 is 5.73 Å². The molecule has 0 heterocycles. The van der Waals surface area contributed by atoms with E-state index in [1.54, 1.807) is 25.3 Å². The van der Waals surface area contributed by atoms with Crippen LogP contribution in [0.1, 0.15) is 36.0 Å². The molecule has 0 spiro atoms. The Kier molecular flexibility index (Phi) is 3.40. The maximum Gasteiger partial charge on any atom is 0.167 e. The molecule has 0 aliphatic heterocycles. The maximum atomic E-state index is 12.1. The number of nitrogen functional groups attached to an aromatic ring is 1. The summed E-state index contributed by atoms with van der Waals surface area (Å²) in [7, 11) is 1.66. The number of halogens is 1. The first-order valence-corrected chi connectivity index (χ1v) is 6.07. The van der Waals surface area contributed by atoms with Gasteiger partial charge in [0.05, 0.1) is 10.6 Å². The molecule has 0 atom stereocenters. The second kappa shape index (κ2) is 4.67. The molecular formula is C13H16ClNO2. The van der Waals surface area contributed by atoms with Crippen LogP contribution >= 0.6 is 11.6 Å². The van der Waals surface area contributed by atoms with Gasteiger partial charge in [-0.15, -0.1) is 0 Å². The molecule has 3 nitrogen and oxygen atoms in total. The van der Waals surface area contributed by atoms with Crippen molar-refractivity contribution in [2.24, 2.45) is 0 Å². The lowest BCUT2D eigenvalue weighted by Gasteiger charge is -2.40. The van der Waals surface area contributed by atoms with Crippen LogP contribution in [0.15, 0.2) is 18.2 Å². The summed E-state index contributed by atoms with van der Waals surface area (Å²) in [6, 6.07) is 4.98. The quantitative estimate of drug-likeness (QED) is 0.663. The van der Waals surface area contributed by atoms with E-state index in [0.717, 1.165) is 19.3 Å². The third-order valence-electron chi connectivity index (χ3n) is 3.47. The summed E-state index contributed by atoms with van der Waals surface area (Å²) in [5, 5.41) is 0.417. The van der Waals surface area contributed by atoms with Gasteiger partial charge in [0.1, 0.15) is 0 Å². The molecule has 92 valence electrons. The molecule has 1 aliphatic rings. The lowest BCUT2D eigenvalue weighted by molar-refractivity contribution is -0.0704. The summed E-state index contributed by atoms with van der Waals surface area (Å²) in [6.07, 6.45) is 3.41. The van der Waals surface area contributed by atoms with E-state index >= 15 is 0 Å². The molecule has 2 rings (SSSR count). The molecule has 2 N–H and O–H groups in total. The van der Waals surface area contributed by atoms with Crippen LogP contribution in [0.3, 0.4) is 0 Å². The molecule has 4 heteroatoms. The summed E-state index contributed by atoms with van der Waals surface area (Å²) in [4.78, 5) is 12.1. The lowest BCUT2D eigenvalue weighted by Crippen LogP contribution is -2.41. The Labute approximate surface area is 106 Å². The summed E-state index contributed by atoms with van der Waals surface area (Å²) in [5.74, 6) is 0.0246. The van der Waals surface area contributed by atoms with E-state index in [1.165, 1.54) is 0 Å². The van der Waals surface area contributed by atoms with Crippen LogP contribution in [0.25, 0.3) is 0 Å². The van der Waals surface area contributed by atoms with Gasteiger partial charge in [0.2, 0.25) is 0 Å². The number of ketones is 1. The number of carbonyl (C=O) groups is 1. The van der Waals surface area contributed by atoms with Gasteiger partial charge in [0, 0.05) is 24.8 Å². The fraction of sp³-hybridized carbons (Fsp3) is 0.462. The summed E-state index contributed by atoms with van der Waals surface area (Å²) in [5.41, 5.74) is 6.43. The first kappa shape index (κ1) is 12.4. The van der Waals surface area contributed by atoms with Crippen LogP contribution in [0, 0.1) is 0 Å². The van der Waals surface area contributed by atoms with Gasteiger partial charge in [-0.25, -0.2) is 0 Å². The molecule has 0 amide bonds. The average Bonchev–Trinajstić information content (AvgIpc) is 2.23. The summed E-state index contributed by atoms with van der Waals surface area (Å²) < 4.78 is 5.44. The van der Waals surface area contributed by atoms with Gasteiger partial charge in [0.15, 0.2) is 5.78 Å². The van der Waals surface area contributed by atoms with Crippen molar-refractivity contribution in [3.63, 3.8) is 0 Å². The number of hydrogen-bond acceptors (Lipinski definition) is 3. The monoisotopic (exact) mass is 253 g/mol. The normalized spacial score (nSPS) is 17.5. The highest BCUT2D eigenvalue weighted by Crippen LogP contribution is 2.39. The zero-order valence-corrected chi connectivity index (χ0v) is 10.6. The van der Waals surface area contributed by atoms with Crippen molar-refractivity contribution in [2.75, 3.05) is 12.8 Å². The van der Waals surface area contributed by atoms with E-state index in [2.05, 4.69) is 0 Å². The highest BCUT2D eigenvalue weighted by atomic mass is 35.5. The highest BCUT2D eigenvalue weighted by molar-refractivity contribution is 6.34. The van der Waals surface area contributed by atoms with Crippen molar-refractivity contribution in [3.05, 3.63) is 28.8 Å². The lowest BCUT2D eigenvalue weighted by atomic mass is 9.76. The van der Waals surface area contributed by atoms with Crippen LogP contribution in [0.4, 0.5) is 5.69 Å². The van der Waals surface area contributed by atoms with Gasteiger partial charge in [0.25, 0.3) is 0 Å². The SMILES string of the molecule is COC1(CC(=O)c2ccc(N)cc2Cl)CCC1. The number of anilines is 1. The number of nitrogens with two attached hydrogens (primary N) is 1. The zero-order valence-electron chi connectivity index (χ0n) is 9.83. The van der Waals surface area contributed by atoms with Crippen molar-refractivity contribution in [3.8, 4) is 0 Å². The van der Waals surface area contributed by atoms with Crippen molar-refractivity contribution in [1.29, 1.82) is 0 Å². The summed E-state index contributed by atoms with van der Waals surface area (Å²) in [6.45, 7) is 0. The standard InChI is InChI=1S/C13H16ClNO2/c1-17-13(5-2-6-13)8-12(16)10-4-3-9(15)7-11(10)14/h3-4,7H,2,5-6,8,15H2,1H3. The number of carbonyl (C=O) groups excluding carboxylic acids is 1. The first-order chi connectivity index (χ1) is 8.06. The van der Waals surface area contributed by atoms with E-state index in [4.69, 9.17) is 22.1 Å². The van der Waals surface area contributed by atoms with Crippen LogP contribution in [-0.4, -0.2) is 18.5 Å². The molecule has 1 aliphatic carbocycles. The van der Waals surface area contributed by atoms with Crippen LogP contribution in [0.5, 0.6) is 0 Å². The molecule has 1 aromatic rings. The van der Waals surface area contributed by atoms with E-state index in [-0.39, 0.29) is 11.4 Å². The van der Waals surface area contributed by atoms with Gasteiger partial charge < -0.3 is 10.5 Å². The molecule has 0 unspecified atom stereocenters. The third-order valence-corrected chi connectivity index (χ3v) is 3.79. The fourth-order valence-electron chi connectivity index (χ4n) is 2.17. The van der Waals surface area contributed by atoms with E-state index < -0.39 is 0 Å². The van der Waals surface area contributed by atoms with Gasteiger partial charge in [-0.3, -0.25) is 4.79 Å². The van der Waals surface area contributed by atoms with E-state index in [1.807, 2.05) is 0 Å². The molecule has 17 heavy (non-hydrogen) atoms. The maximum absolute atomic E-state index is 12.1. The number of rotatable bonds is 4. The molecule has 1 saturated carbocycles. The van der Waals surface area contributed by atoms with Crippen molar-refractivity contribution in [2.45, 2.75) is 31.3 Å². The molecular weight excluding hydrogens is 238 g/mol. The number of methoxy groups -OCH3 is 1. The molecule has 0 bridgehead atoms. The number of benzene rings is 1. The minimum atomic E-state index is -0.262. The first-order valence-electron chi connectivity index (χ1n) is 5.70. The fourth-order valence-corrected chi connectivity index (χ4v) is 2.46. The minimum absolute atomic E-state index is 0.0246. The van der Waals surface area contributed by atoms with Gasteiger partial charge in [-0.2, -0.15) is 0 Å².